The molecule has 13 heavy (non-hydrogen) atoms. The Hall–Kier alpha value is -0.870. The lowest BCUT2D eigenvalue weighted by Gasteiger charge is -2.15. The van der Waals surface area contributed by atoms with Crippen LogP contribution in [-0.2, 0) is 0 Å². The summed E-state index contributed by atoms with van der Waals surface area (Å²) in [5.74, 6) is 0. The summed E-state index contributed by atoms with van der Waals surface area (Å²) in [6.45, 7) is 0. The highest BCUT2D eigenvalue weighted by atomic mass is 32.2. The van der Waals surface area contributed by atoms with Crippen molar-refractivity contribution >= 4 is 34.6 Å². The van der Waals surface area contributed by atoms with Crippen molar-refractivity contribution in [2.45, 2.75) is 4.90 Å². The first-order chi connectivity index (χ1) is 6.45. The molecule has 2 aliphatic rings. The molecule has 0 aliphatic carbocycles. The molecule has 0 bridgehead atoms. The molecule has 0 N–H and O–H groups in total. The molecule has 0 fully saturated rings. The Morgan fingerprint density at radius 3 is 3.15 bits per heavy atom. The van der Waals surface area contributed by atoms with E-state index in [0.29, 0.717) is 0 Å². The van der Waals surface area contributed by atoms with E-state index in [4.69, 9.17) is 0 Å². The zero-order valence-corrected chi connectivity index (χ0v) is 8.31. The van der Waals surface area contributed by atoms with Gasteiger partial charge in [0.2, 0.25) is 0 Å². The van der Waals surface area contributed by atoms with Gasteiger partial charge in [-0.15, -0.1) is 0 Å². The molecule has 2 aliphatic heterocycles. The summed E-state index contributed by atoms with van der Waals surface area (Å²) < 4.78 is 4.34. The van der Waals surface area contributed by atoms with Gasteiger partial charge in [0.1, 0.15) is 0 Å². The van der Waals surface area contributed by atoms with Crippen LogP contribution in [0.2, 0.25) is 0 Å². The molecule has 1 aromatic rings. The summed E-state index contributed by atoms with van der Waals surface area (Å²) in [5, 5.41) is 3.06. The van der Waals surface area contributed by atoms with E-state index in [9.17, 15) is 0 Å². The van der Waals surface area contributed by atoms with Crippen molar-refractivity contribution in [1.29, 1.82) is 0 Å². The van der Waals surface area contributed by atoms with Crippen LogP contribution in [0.5, 0.6) is 0 Å². The fourth-order valence-corrected chi connectivity index (χ4v) is 2.93. The third-order valence-electron chi connectivity index (χ3n) is 1.93. The minimum Gasteiger partial charge on any atom is -0.294 e. The maximum absolute atomic E-state index is 4.34. The monoisotopic (exact) mass is 206 g/mol. The van der Waals surface area contributed by atoms with Crippen LogP contribution in [0.4, 0.5) is 5.69 Å². The van der Waals surface area contributed by atoms with Crippen LogP contribution >= 0.6 is 23.7 Å². The standard InChI is InChI=1S/C9H6N2S2/c1-2-4-8-7(3-1)11-5-6-12-10-9(11)13-8/h1-6H. The highest BCUT2D eigenvalue weighted by Crippen LogP contribution is 2.42. The predicted octanol–water partition coefficient (Wildman–Crippen LogP) is 3.09. The molecule has 3 rings (SSSR count). The smallest absolute Gasteiger partial charge is 0.185 e. The first-order valence-corrected chi connectivity index (χ1v) is 5.57. The Kier molecular flexibility index (Phi) is 1.63. The quantitative estimate of drug-likeness (QED) is 0.607. The zero-order valence-electron chi connectivity index (χ0n) is 6.68. The second kappa shape index (κ2) is 2.82. The van der Waals surface area contributed by atoms with Crippen molar-refractivity contribution in [3.05, 3.63) is 35.9 Å². The Bertz CT molecular complexity index is 412. The number of thioether (sulfide) groups is 1. The average molecular weight is 206 g/mol. The van der Waals surface area contributed by atoms with Crippen molar-refractivity contribution in [3.8, 4) is 0 Å². The van der Waals surface area contributed by atoms with E-state index in [2.05, 4.69) is 39.8 Å². The number of anilines is 1. The molecule has 0 saturated carbocycles. The Morgan fingerprint density at radius 1 is 1.23 bits per heavy atom. The van der Waals surface area contributed by atoms with Crippen LogP contribution in [0, 0.1) is 0 Å². The van der Waals surface area contributed by atoms with Gasteiger partial charge in [0.05, 0.1) is 5.69 Å². The maximum Gasteiger partial charge on any atom is 0.185 e. The van der Waals surface area contributed by atoms with Crippen molar-refractivity contribution in [2.24, 2.45) is 4.40 Å². The largest absolute Gasteiger partial charge is 0.294 e. The van der Waals surface area contributed by atoms with E-state index < -0.39 is 0 Å². The maximum atomic E-state index is 4.34. The first-order valence-electron chi connectivity index (χ1n) is 3.92. The molecule has 0 unspecified atom stereocenters. The van der Waals surface area contributed by atoms with Gasteiger partial charge in [0, 0.05) is 28.5 Å². The number of hydrogen-bond acceptors (Lipinski definition) is 4. The van der Waals surface area contributed by atoms with Crippen LogP contribution in [0.3, 0.4) is 0 Å². The first kappa shape index (κ1) is 7.53. The third-order valence-corrected chi connectivity index (χ3v) is 3.61. The van der Waals surface area contributed by atoms with Crippen molar-refractivity contribution < 1.29 is 0 Å². The fourth-order valence-electron chi connectivity index (χ4n) is 1.36. The SMILES string of the molecule is C1=CN2C(=NS1)Sc1ccccc12. The molecule has 1 aromatic carbocycles. The van der Waals surface area contributed by atoms with Gasteiger partial charge in [0.25, 0.3) is 0 Å². The highest BCUT2D eigenvalue weighted by Gasteiger charge is 2.25. The summed E-state index contributed by atoms with van der Waals surface area (Å²) in [7, 11) is 0. The van der Waals surface area contributed by atoms with E-state index >= 15 is 0 Å². The molecule has 0 saturated heterocycles. The number of amidine groups is 1. The van der Waals surface area contributed by atoms with Crippen LogP contribution < -0.4 is 4.90 Å². The van der Waals surface area contributed by atoms with Gasteiger partial charge in [-0.3, -0.25) is 4.90 Å². The van der Waals surface area contributed by atoms with E-state index in [1.54, 1.807) is 11.8 Å². The molecule has 4 heteroatoms. The minimum absolute atomic E-state index is 1.06. The lowest BCUT2D eigenvalue weighted by molar-refractivity contribution is 1.32. The number of nitrogens with zero attached hydrogens (tertiary/aromatic N) is 2. The molecule has 2 nitrogen and oxygen atoms in total. The average Bonchev–Trinajstić information content (AvgIpc) is 2.56. The van der Waals surface area contributed by atoms with Crippen molar-refractivity contribution in [1.82, 2.24) is 0 Å². The fraction of sp³-hybridized carbons (Fsp3) is 0. The van der Waals surface area contributed by atoms with Crippen molar-refractivity contribution in [3.63, 3.8) is 0 Å². The summed E-state index contributed by atoms with van der Waals surface area (Å²) in [6, 6.07) is 8.35. The Morgan fingerprint density at radius 2 is 2.15 bits per heavy atom. The number of benzene rings is 1. The van der Waals surface area contributed by atoms with E-state index in [-0.39, 0.29) is 0 Å². The van der Waals surface area contributed by atoms with Gasteiger partial charge in [0.15, 0.2) is 5.17 Å². The molecule has 0 atom stereocenters. The summed E-state index contributed by atoms with van der Waals surface area (Å²) >= 11 is 3.21. The Labute approximate surface area is 84.9 Å². The van der Waals surface area contributed by atoms with E-state index in [1.807, 2.05) is 5.41 Å². The van der Waals surface area contributed by atoms with Crippen LogP contribution in [-0.4, -0.2) is 5.17 Å². The van der Waals surface area contributed by atoms with Gasteiger partial charge < -0.3 is 0 Å². The summed E-state index contributed by atoms with van der Waals surface area (Å²) in [4.78, 5) is 3.41. The van der Waals surface area contributed by atoms with Gasteiger partial charge in [-0.2, -0.15) is 4.40 Å². The molecular weight excluding hydrogens is 200 g/mol. The van der Waals surface area contributed by atoms with Crippen LogP contribution in [0.1, 0.15) is 0 Å². The van der Waals surface area contributed by atoms with Crippen molar-refractivity contribution in [2.75, 3.05) is 4.90 Å². The molecule has 0 aromatic heterocycles. The third kappa shape index (κ3) is 1.09. The van der Waals surface area contributed by atoms with E-state index in [1.165, 1.54) is 22.5 Å². The second-order valence-electron chi connectivity index (χ2n) is 2.70. The molecule has 0 spiro atoms. The molecular formula is C9H6N2S2. The normalized spacial score (nSPS) is 18.2. The number of para-hydroxylation sites is 1. The molecule has 0 amide bonds. The summed E-state index contributed by atoms with van der Waals surface area (Å²) in [5.41, 5.74) is 1.24. The molecule has 2 heterocycles. The summed E-state index contributed by atoms with van der Waals surface area (Å²) in [6.07, 6.45) is 2.06. The zero-order chi connectivity index (χ0) is 8.67. The Balaban J connectivity index is 2.16. The lowest BCUT2D eigenvalue weighted by Crippen LogP contribution is -2.18. The minimum atomic E-state index is 1.06. The van der Waals surface area contributed by atoms with Gasteiger partial charge >= 0.3 is 0 Å². The number of fused-ring (bicyclic) bond motifs is 3. The number of hydrogen-bond donors (Lipinski definition) is 0. The highest BCUT2D eigenvalue weighted by molar-refractivity contribution is 8.16. The van der Waals surface area contributed by atoms with Gasteiger partial charge in [-0.05, 0) is 23.9 Å². The lowest BCUT2D eigenvalue weighted by atomic mass is 10.3. The van der Waals surface area contributed by atoms with Crippen LogP contribution in [0.25, 0.3) is 0 Å². The molecule has 0 radical (unpaired) electrons. The van der Waals surface area contributed by atoms with Gasteiger partial charge in [-0.25, -0.2) is 0 Å². The predicted molar refractivity (Wildman–Crippen MR) is 58.9 cm³/mol. The topological polar surface area (TPSA) is 15.6 Å². The van der Waals surface area contributed by atoms with Crippen LogP contribution in [0.15, 0.2) is 45.2 Å². The molecule has 64 valence electrons. The van der Waals surface area contributed by atoms with E-state index in [0.717, 1.165) is 5.17 Å². The van der Waals surface area contributed by atoms with Gasteiger partial charge in [-0.1, -0.05) is 12.1 Å². The number of rotatable bonds is 0. The second-order valence-corrected chi connectivity index (χ2v) is 4.38.